The zero-order chi connectivity index (χ0) is 11.3. The van der Waals surface area contributed by atoms with Crippen molar-refractivity contribution >= 4 is 5.97 Å². The standard InChI is InChI=1S/C12H16N2O2/c1-3-6-7-5-8-10(9(6)7)13-14-11(8)12(15)16-4-2/h6-7,9H,3-5H2,1-2H3,(H,13,14)/t6?,7-,9+/m0/s1. The van der Waals surface area contributed by atoms with E-state index in [1.165, 1.54) is 12.1 Å². The van der Waals surface area contributed by atoms with Gasteiger partial charge < -0.3 is 4.74 Å². The molecule has 0 aromatic carbocycles. The van der Waals surface area contributed by atoms with E-state index >= 15 is 0 Å². The molecule has 0 spiro atoms. The summed E-state index contributed by atoms with van der Waals surface area (Å²) in [6, 6.07) is 0. The van der Waals surface area contributed by atoms with Gasteiger partial charge in [0, 0.05) is 17.2 Å². The minimum absolute atomic E-state index is 0.283. The summed E-state index contributed by atoms with van der Waals surface area (Å²) in [5, 5.41) is 7.13. The Morgan fingerprint density at radius 1 is 1.56 bits per heavy atom. The molecular formula is C12H16N2O2. The summed E-state index contributed by atoms with van der Waals surface area (Å²) >= 11 is 0. The van der Waals surface area contributed by atoms with Gasteiger partial charge in [-0.1, -0.05) is 13.3 Å². The number of hydrogen-bond donors (Lipinski definition) is 1. The number of fused-ring (bicyclic) bond motifs is 3. The second kappa shape index (κ2) is 3.34. The molecule has 0 aliphatic heterocycles. The van der Waals surface area contributed by atoms with Crippen molar-refractivity contribution in [2.45, 2.75) is 32.6 Å². The van der Waals surface area contributed by atoms with Gasteiger partial charge in [0.05, 0.1) is 6.61 Å². The zero-order valence-electron chi connectivity index (χ0n) is 9.62. The number of rotatable bonds is 3. The Bertz CT molecular complexity index is 438. The van der Waals surface area contributed by atoms with Crippen molar-refractivity contribution in [1.29, 1.82) is 0 Å². The van der Waals surface area contributed by atoms with Crippen LogP contribution in [0.25, 0.3) is 0 Å². The van der Waals surface area contributed by atoms with Crippen molar-refractivity contribution in [3.63, 3.8) is 0 Å². The molecule has 16 heavy (non-hydrogen) atoms. The molecule has 1 unspecified atom stereocenters. The number of H-pyrrole nitrogens is 1. The monoisotopic (exact) mass is 220 g/mol. The van der Waals surface area contributed by atoms with Crippen LogP contribution in [0.15, 0.2) is 0 Å². The molecule has 1 N–H and O–H groups in total. The Morgan fingerprint density at radius 3 is 3.06 bits per heavy atom. The number of aromatic nitrogens is 2. The second-order valence-corrected chi connectivity index (χ2v) is 4.65. The highest BCUT2D eigenvalue weighted by atomic mass is 16.5. The second-order valence-electron chi connectivity index (χ2n) is 4.65. The van der Waals surface area contributed by atoms with Gasteiger partial charge in [-0.25, -0.2) is 4.79 Å². The highest BCUT2D eigenvalue weighted by Crippen LogP contribution is 2.62. The van der Waals surface area contributed by atoms with Gasteiger partial charge in [0.15, 0.2) is 5.69 Å². The molecule has 4 heteroatoms. The first kappa shape index (κ1) is 9.87. The first-order valence-corrected chi connectivity index (χ1v) is 6.02. The summed E-state index contributed by atoms with van der Waals surface area (Å²) in [5.74, 6) is 1.91. The SMILES string of the molecule is CCOC(=O)c1n[nH]c2c1C[C@H]1C(CC)[C@@H]21. The van der Waals surface area contributed by atoms with E-state index in [2.05, 4.69) is 17.1 Å². The molecule has 1 heterocycles. The third kappa shape index (κ3) is 1.16. The fourth-order valence-corrected chi connectivity index (χ4v) is 3.17. The summed E-state index contributed by atoms with van der Waals surface area (Å²) in [4.78, 5) is 11.6. The number of carbonyl (C=O) groups excluding carboxylic acids is 1. The van der Waals surface area contributed by atoms with Gasteiger partial charge in [0.25, 0.3) is 0 Å². The van der Waals surface area contributed by atoms with Crippen molar-refractivity contribution in [2.75, 3.05) is 6.61 Å². The van der Waals surface area contributed by atoms with Crippen molar-refractivity contribution in [2.24, 2.45) is 11.8 Å². The lowest BCUT2D eigenvalue weighted by atomic mass is 10.1. The van der Waals surface area contributed by atoms with Gasteiger partial charge in [0.2, 0.25) is 0 Å². The quantitative estimate of drug-likeness (QED) is 0.791. The summed E-state index contributed by atoms with van der Waals surface area (Å²) in [6.45, 7) is 4.45. The van der Waals surface area contributed by atoms with E-state index in [1.54, 1.807) is 0 Å². The van der Waals surface area contributed by atoms with Crippen LogP contribution in [0, 0.1) is 11.8 Å². The van der Waals surface area contributed by atoms with Crippen LogP contribution < -0.4 is 0 Å². The number of ether oxygens (including phenoxy) is 1. The molecule has 3 atom stereocenters. The average molecular weight is 220 g/mol. The Labute approximate surface area is 94.4 Å². The molecule has 0 radical (unpaired) electrons. The van der Waals surface area contributed by atoms with Gasteiger partial charge in [-0.15, -0.1) is 0 Å². The molecule has 1 aromatic rings. The smallest absolute Gasteiger partial charge is 0.359 e. The lowest BCUT2D eigenvalue weighted by Gasteiger charge is -2.02. The topological polar surface area (TPSA) is 55.0 Å². The number of nitrogens with one attached hydrogen (secondary N) is 1. The molecule has 2 aliphatic carbocycles. The maximum absolute atomic E-state index is 11.6. The largest absolute Gasteiger partial charge is 0.461 e. The van der Waals surface area contributed by atoms with E-state index in [1.807, 2.05) is 6.92 Å². The van der Waals surface area contributed by atoms with Crippen molar-refractivity contribution in [3.05, 3.63) is 17.0 Å². The third-order valence-corrected chi connectivity index (χ3v) is 3.94. The number of nitrogens with zero attached hydrogens (tertiary/aromatic N) is 1. The average Bonchev–Trinajstić information content (AvgIpc) is 2.64. The first-order chi connectivity index (χ1) is 7.77. The molecule has 0 bridgehead atoms. The van der Waals surface area contributed by atoms with Crippen LogP contribution in [0.2, 0.25) is 0 Å². The molecule has 3 rings (SSSR count). The number of aromatic amines is 1. The number of carbonyl (C=O) groups is 1. The van der Waals surface area contributed by atoms with Crippen molar-refractivity contribution in [3.8, 4) is 0 Å². The fraction of sp³-hybridized carbons (Fsp3) is 0.667. The van der Waals surface area contributed by atoms with Crippen LogP contribution in [0.1, 0.15) is 47.9 Å². The first-order valence-electron chi connectivity index (χ1n) is 6.02. The van der Waals surface area contributed by atoms with Crippen LogP contribution in [0.3, 0.4) is 0 Å². The lowest BCUT2D eigenvalue weighted by molar-refractivity contribution is 0.0518. The molecule has 0 amide bonds. The van der Waals surface area contributed by atoms with E-state index in [-0.39, 0.29) is 5.97 Å². The summed E-state index contributed by atoms with van der Waals surface area (Å²) < 4.78 is 4.99. The number of esters is 1. The molecule has 0 saturated heterocycles. The van der Waals surface area contributed by atoms with E-state index in [0.717, 1.165) is 23.8 Å². The molecular weight excluding hydrogens is 204 g/mol. The molecule has 1 aromatic heterocycles. The van der Waals surface area contributed by atoms with Crippen LogP contribution in [0.4, 0.5) is 0 Å². The molecule has 2 aliphatic rings. The van der Waals surface area contributed by atoms with Gasteiger partial charge in [0.1, 0.15) is 0 Å². The molecule has 1 fully saturated rings. The van der Waals surface area contributed by atoms with Crippen LogP contribution in [-0.2, 0) is 11.2 Å². The van der Waals surface area contributed by atoms with E-state index in [4.69, 9.17) is 4.74 Å². The Balaban J connectivity index is 1.86. The Kier molecular flexibility index (Phi) is 2.06. The maximum atomic E-state index is 11.6. The van der Waals surface area contributed by atoms with Crippen molar-refractivity contribution < 1.29 is 9.53 Å². The molecule has 4 nitrogen and oxygen atoms in total. The highest BCUT2D eigenvalue weighted by Gasteiger charge is 2.56. The minimum atomic E-state index is -0.283. The maximum Gasteiger partial charge on any atom is 0.359 e. The summed E-state index contributed by atoms with van der Waals surface area (Å²) in [6.07, 6.45) is 2.23. The van der Waals surface area contributed by atoms with E-state index in [9.17, 15) is 4.79 Å². The lowest BCUT2D eigenvalue weighted by Crippen LogP contribution is -2.08. The number of hydrogen-bond acceptors (Lipinski definition) is 3. The van der Waals surface area contributed by atoms with Crippen LogP contribution in [-0.4, -0.2) is 22.8 Å². The predicted molar refractivity (Wildman–Crippen MR) is 58.3 cm³/mol. The summed E-state index contributed by atoms with van der Waals surface area (Å²) in [7, 11) is 0. The van der Waals surface area contributed by atoms with Crippen LogP contribution >= 0.6 is 0 Å². The van der Waals surface area contributed by atoms with Gasteiger partial charge in [-0.2, -0.15) is 5.10 Å². The van der Waals surface area contributed by atoms with Gasteiger partial charge in [-0.3, -0.25) is 5.10 Å². The fourth-order valence-electron chi connectivity index (χ4n) is 3.17. The Hall–Kier alpha value is -1.32. The van der Waals surface area contributed by atoms with Gasteiger partial charge in [-0.05, 0) is 25.2 Å². The Morgan fingerprint density at radius 2 is 2.38 bits per heavy atom. The van der Waals surface area contributed by atoms with E-state index < -0.39 is 0 Å². The zero-order valence-corrected chi connectivity index (χ0v) is 9.62. The van der Waals surface area contributed by atoms with Crippen LogP contribution in [0.5, 0.6) is 0 Å². The third-order valence-electron chi connectivity index (χ3n) is 3.94. The normalized spacial score (nSPS) is 29.8. The van der Waals surface area contributed by atoms with Gasteiger partial charge >= 0.3 is 5.97 Å². The predicted octanol–water partition coefficient (Wildman–Crippen LogP) is 1.88. The minimum Gasteiger partial charge on any atom is -0.461 e. The molecule has 86 valence electrons. The molecule has 1 saturated carbocycles. The highest BCUT2D eigenvalue weighted by molar-refractivity contribution is 5.89. The van der Waals surface area contributed by atoms with E-state index in [0.29, 0.717) is 18.2 Å². The summed E-state index contributed by atoms with van der Waals surface area (Å²) in [5.41, 5.74) is 2.82. The van der Waals surface area contributed by atoms with Crippen molar-refractivity contribution in [1.82, 2.24) is 10.2 Å².